The average molecular weight is 537 g/mol. The maximum absolute atomic E-state index is 15.9. The molecule has 2 heterocycles. The van der Waals surface area contributed by atoms with E-state index < -0.39 is 40.6 Å². The molecule has 1 fully saturated rings. The molecule has 0 amide bonds. The van der Waals surface area contributed by atoms with Gasteiger partial charge in [0.1, 0.15) is 5.69 Å². The number of anilines is 2. The Kier molecular flexibility index (Phi) is 6.05. The summed E-state index contributed by atoms with van der Waals surface area (Å²) in [5.74, 6) is -5.77. The number of hydrogen-bond acceptors (Lipinski definition) is 3. The average Bonchev–Trinajstić information content (AvgIpc) is 2.86. The Morgan fingerprint density at radius 3 is 2.18 bits per heavy atom. The van der Waals surface area contributed by atoms with Crippen molar-refractivity contribution in [3.05, 3.63) is 76.4 Å². The molecule has 0 saturated carbocycles. The zero-order valence-corrected chi connectivity index (χ0v) is 22.6. The maximum Gasteiger partial charge on any atom is 0.185 e. The molecule has 3 aromatic carbocycles. The van der Waals surface area contributed by atoms with Gasteiger partial charge in [-0.1, -0.05) is 58.0 Å². The molecule has 3 aromatic rings. The Morgan fingerprint density at radius 1 is 0.872 bits per heavy atom. The molecule has 2 aliphatic heterocycles. The van der Waals surface area contributed by atoms with Crippen molar-refractivity contribution in [1.29, 1.82) is 0 Å². The first kappa shape index (κ1) is 25.9. The first-order valence-electron chi connectivity index (χ1n) is 13.6. The van der Waals surface area contributed by atoms with Crippen LogP contribution in [0.1, 0.15) is 64.1 Å². The largest absolute Gasteiger partial charge is 0.373 e. The van der Waals surface area contributed by atoms with Gasteiger partial charge in [-0.15, -0.1) is 0 Å². The van der Waals surface area contributed by atoms with E-state index >= 15 is 17.6 Å². The highest BCUT2D eigenvalue weighted by Gasteiger charge is 2.44. The molecule has 3 aliphatic rings. The topological polar surface area (TPSA) is 32.3 Å². The van der Waals surface area contributed by atoms with Crippen LogP contribution in [-0.2, 0) is 4.79 Å². The number of benzene rings is 3. The quantitative estimate of drug-likeness (QED) is 0.265. The lowest BCUT2D eigenvalue weighted by Gasteiger charge is -2.40. The van der Waals surface area contributed by atoms with E-state index in [0.29, 0.717) is 30.8 Å². The second kappa shape index (κ2) is 9.10. The highest BCUT2D eigenvalue weighted by atomic mass is 19.2. The summed E-state index contributed by atoms with van der Waals surface area (Å²) in [6.45, 7) is 8.48. The minimum Gasteiger partial charge on any atom is -0.373 e. The predicted octanol–water partition coefficient (Wildman–Crippen LogP) is 8.19. The SMILES string of the molecule is C[C@@H]1C[C@H](C)CN(c2c(F)c(F)c([C@@H]3Nc4ccc5ccccc5c4C4=C3C(=O)CC(C)(C)C4)c(F)c2F)C1. The number of allylic oxidation sites excluding steroid dienone is 1. The fraction of sp³-hybridized carbons (Fsp3) is 0.406. The standard InChI is InChI=1S/C32H32F4N2O/c1-16-11-17(2)15-38(14-16)31-28(35)26(33)25(27(34)29(31)36)30-24-20(12-32(3,4)13-22(24)39)23-19-8-6-5-7-18(19)9-10-21(23)37-30/h5-10,16-17,30,37H,11-15H2,1-4H3/t16-,17+,30-/m1/s1. The van der Waals surface area contributed by atoms with Gasteiger partial charge in [-0.2, -0.15) is 0 Å². The van der Waals surface area contributed by atoms with Gasteiger partial charge in [0.05, 0.1) is 11.6 Å². The lowest BCUT2D eigenvalue weighted by molar-refractivity contribution is -0.118. The van der Waals surface area contributed by atoms with Crippen molar-refractivity contribution >= 4 is 33.5 Å². The minimum absolute atomic E-state index is 0.126. The summed E-state index contributed by atoms with van der Waals surface area (Å²) in [5, 5.41) is 4.97. The fourth-order valence-electron chi connectivity index (χ4n) is 7.07. The van der Waals surface area contributed by atoms with Gasteiger partial charge in [-0.3, -0.25) is 4.79 Å². The third-order valence-corrected chi connectivity index (χ3v) is 8.49. The Bertz CT molecular complexity index is 1520. The maximum atomic E-state index is 15.9. The number of ketones is 1. The third kappa shape index (κ3) is 4.12. The van der Waals surface area contributed by atoms with E-state index in [-0.39, 0.29) is 35.0 Å². The Labute approximate surface area is 225 Å². The van der Waals surface area contributed by atoms with Crippen molar-refractivity contribution in [3.8, 4) is 0 Å². The molecule has 1 N–H and O–H groups in total. The van der Waals surface area contributed by atoms with E-state index in [9.17, 15) is 4.79 Å². The van der Waals surface area contributed by atoms with Gasteiger partial charge in [-0.05, 0) is 52.5 Å². The Morgan fingerprint density at radius 2 is 1.51 bits per heavy atom. The van der Waals surface area contributed by atoms with Crippen molar-refractivity contribution < 1.29 is 22.4 Å². The summed E-state index contributed by atoms with van der Waals surface area (Å²) in [6.07, 6.45) is 1.53. The molecule has 1 saturated heterocycles. The zero-order valence-electron chi connectivity index (χ0n) is 22.6. The number of hydrogen-bond donors (Lipinski definition) is 1. The molecular formula is C32H32F4N2O. The monoisotopic (exact) mass is 536 g/mol. The number of rotatable bonds is 2. The summed E-state index contributed by atoms with van der Waals surface area (Å²) >= 11 is 0. The first-order valence-corrected chi connectivity index (χ1v) is 13.6. The van der Waals surface area contributed by atoms with Crippen LogP contribution in [0.15, 0.2) is 42.0 Å². The summed E-state index contributed by atoms with van der Waals surface area (Å²) in [5.41, 5.74) is 0.397. The summed E-state index contributed by atoms with van der Waals surface area (Å²) in [6, 6.07) is 10.1. The number of halogens is 4. The van der Waals surface area contributed by atoms with Crippen LogP contribution in [-0.4, -0.2) is 18.9 Å². The molecule has 1 aliphatic carbocycles. The molecule has 0 unspecified atom stereocenters. The summed E-state index contributed by atoms with van der Waals surface area (Å²) in [7, 11) is 0. The fourth-order valence-corrected chi connectivity index (χ4v) is 7.07. The molecule has 3 nitrogen and oxygen atoms in total. The van der Waals surface area contributed by atoms with E-state index in [1.54, 1.807) is 6.07 Å². The van der Waals surface area contributed by atoms with Gasteiger partial charge in [0.2, 0.25) is 0 Å². The second-order valence-electron chi connectivity index (χ2n) is 12.5. The number of Topliss-reactive ketones (excluding diaryl/α,β-unsaturated/α-hetero) is 1. The minimum atomic E-state index is -1.46. The third-order valence-electron chi connectivity index (χ3n) is 8.49. The Balaban J connectivity index is 1.57. The molecular weight excluding hydrogens is 504 g/mol. The molecule has 6 rings (SSSR count). The summed E-state index contributed by atoms with van der Waals surface area (Å²) in [4.78, 5) is 15.0. The van der Waals surface area contributed by atoms with E-state index in [4.69, 9.17) is 0 Å². The second-order valence-corrected chi connectivity index (χ2v) is 12.5. The number of nitrogens with zero attached hydrogens (tertiary/aromatic N) is 1. The Hall–Kier alpha value is -3.35. The van der Waals surface area contributed by atoms with Crippen LogP contribution in [0.25, 0.3) is 16.3 Å². The van der Waals surface area contributed by atoms with Crippen molar-refractivity contribution in [3.63, 3.8) is 0 Å². The van der Waals surface area contributed by atoms with Crippen LogP contribution < -0.4 is 10.2 Å². The normalized spacial score (nSPS) is 24.5. The molecule has 3 atom stereocenters. The molecule has 0 spiro atoms. The van der Waals surface area contributed by atoms with E-state index in [1.165, 1.54) is 4.90 Å². The van der Waals surface area contributed by atoms with E-state index in [2.05, 4.69) is 5.32 Å². The molecule has 0 bridgehead atoms. The lowest BCUT2D eigenvalue weighted by atomic mass is 9.67. The molecule has 0 radical (unpaired) electrons. The number of nitrogens with one attached hydrogen (secondary N) is 1. The van der Waals surface area contributed by atoms with Crippen molar-refractivity contribution in [2.24, 2.45) is 17.3 Å². The van der Waals surface area contributed by atoms with Crippen molar-refractivity contribution in [2.45, 2.75) is 53.0 Å². The highest BCUT2D eigenvalue weighted by molar-refractivity contribution is 6.12. The number of carbonyl (C=O) groups is 1. The number of piperidine rings is 1. The van der Waals surface area contributed by atoms with Crippen LogP contribution in [0.4, 0.5) is 28.9 Å². The highest BCUT2D eigenvalue weighted by Crippen LogP contribution is 2.53. The summed E-state index contributed by atoms with van der Waals surface area (Å²) < 4.78 is 63.2. The zero-order chi connectivity index (χ0) is 27.8. The van der Waals surface area contributed by atoms with Crippen LogP contribution in [0.2, 0.25) is 0 Å². The van der Waals surface area contributed by atoms with E-state index in [1.807, 2.05) is 58.0 Å². The molecule has 0 aromatic heterocycles. The molecule has 39 heavy (non-hydrogen) atoms. The first-order chi connectivity index (χ1) is 18.5. The predicted molar refractivity (Wildman–Crippen MR) is 147 cm³/mol. The smallest absolute Gasteiger partial charge is 0.185 e. The van der Waals surface area contributed by atoms with E-state index in [0.717, 1.165) is 22.8 Å². The lowest BCUT2D eigenvalue weighted by Crippen LogP contribution is -2.40. The van der Waals surface area contributed by atoms with Crippen LogP contribution in [0.3, 0.4) is 0 Å². The van der Waals surface area contributed by atoms with Gasteiger partial charge in [-0.25, -0.2) is 17.6 Å². The van der Waals surface area contributed by atoms with Crippen LogP contribution >= 0.6 is 0 Å². The van der Waals surface area contributed by atoms with Gasteiger partial charge in [0.15, 0.2) is 29.1 Å². The number of carbonyl (C=O) groups excluding carboxylic acids is 1. The number of fused-ring (bicyclic) bond motifs is 4. The van der Waals surface area contributed by atoms with Crippen molar-refractivity contribution in [2.75, 3.05) is 23.3 Å². The van der Waals surface area contributed by atoms with Gasteiger partial charge in [0, 0.05) is 36.3 Å². The van der Waals surface area contributed by atoms with Crippen LogP contribution in [0.5, 0.6) is 0 Å². The van der Waals surface area contributed by atoms with Crippen LogP contribution in [0, 0.1) is 40.5 Å². The van der Waals surface area contributed by atoms with Gasteiger partial charge < -0.3 is 10.2 Å². The van der Waals surface area contributed by atoms with Crippen molar-refractivity contribution in [1.82, 2.24) is 0 Å². The molecule has 7 heteroatoms. The van der Waals surface area contributed by atoms with Gasteiger partial charge >= 0.3 is 0 Å². The molecule has 204 valence electrons. The van der Waals surface area contributed by atoms with Gasteiger partial charge in [0.25, 0.3) is 0 Å².